The summed E-state index contributed by atoms with van der Waals surface area (Å²) in [7, 11) is -1.72. The summed E-state index contributed by atoms with van der Waals surface area (Å²) in [5.74, 6) is 0. The largest absolute Gasteiger partial charge is 0.447 e. The molecule has 1 aliphatic rings. The van der Waals surface area contributed by atoms with Crippen LogP contribution in [-0.4, -0.2) is 40.5 Å². The van der Waals surface area contributed by atoms with E-state index in [1.807, 2.05) is 30.7 Å². The summed E-state index contributed by atoms with van der Waals surface area (Å²) in [4.78, 5) is 16.4. The Balaban J connectivity index is 1.49. The van der Waals surface area contributed by atoms with Crippen LogP contribution in [0.1, 0.15) is 32.2 Å². The fraction of sp³-hybridized carbons (Fsp3) is 0.333. The van der Waals surface area contributed by atoms with Gasteiger partial charge in [-0.15, -0.1) is 0 Å². The van der Waals surface area contributed by atoms with E-state index in [1.165, 1.54) is 4.31 Å². The van der Waals surface area contributed by atoms with Gasteiger partial charge in [-0.25, -0.2) is 18.2 Å². The number of amides is 1. The maximum Gasteiger partial charge on any atom is 0.411 e. The normalized spacial score (nSPS) is 16.5. The van der Waals surface area contributed by atoms with E-state index in [0.717, 1.165) is 22.5 Å². The predicted octanol–water partition coefficient (Wildman–Crippen LogP) is 4.18. The highest BCUT2D eigenvalue weighted by Crippen LogP contribution is 2.29. The van der Waals surface area contributed by atoms with Crippen molar-refractivity contribution in [3.63, 3.8) is 0 Å². The molecule has 0 spiro atoms. The Hall–Kier alpha value is -3.17. The molecule has 174 valence electrons. The highest BCUT2D eigenvalue weighted by atomic mass is 32.2. The number of nitrogens with zero attached hydrogens (tertiary/aromatic N) is 3. The average molecular weight is 469 g/mol. The number of fused-ring (bicyclic) bond motifs is 1. The van der Waals surface area contributed by atoms with Crippen LogP contribution < -0.4 is 5.32 Å². The van der Waals surface area contributed by atoms with E-state index < -0.39 is 16.1 Å². The van der Waals surface area contributed by atoms with E-state index in [-0.39, 0.29) is 23.6 Å². The summed E-state index contributed by atoms with van der Waals surface area (Å²) in [5, 5.41) is 2.68. The molecule has 9 heteroatoms. The molecule has 8 nitrogen and oxygen atoms in total. The van der Waals surface area contributed by atoms with Gasteiger partial charge in [0, 0.05) is 30.9 Å². The first-order valence-corrected chi connectivity index (χ1v) is 12.3. The van der Waals surface area contributed by atoms with Crippen molar-refractivity contribution in [3.8, 4) is 11.1 Å². The number of aromatic nitrogens is 2. The van der Waals surface area contributed by atoms with Crippen LogP contribution in [0.5, 0.6) is 0 Å². The number of anilines is 1. The Labute approximate surface area is 194 Å². The standard InChI is InChI=1S/C24H28N4O4S/c1-16(2)32-24(29)26-20-9-5-18(6-10-20)19-7-11-21(12-8-19)33(30,31)28-14-22-23(13-17(28)3)27(4)15-25-22/h5-12,15-17H,13-14H2,1-4H3,(H,26,29)/t17-/m0/s1. The lowest BCUT2D eigenvalue weighted by Crippen LogP contribution is -2.42. The molecular weight excluding hydrogens is 440 g/mol. The summed E-state index contributed by atoms with van der Waals surface area (Å²) in [5.41, 5.74) is 4.30. The van der Waals surface area contributed by atoms with E-state index in [4.69, 9.17) is 4.74 Å². The zero-order valence-corrected chi connectivity index (χ0v) is 20.0. The molecular formula is C24H28N4O4S. The number of rotatable bonds is 5. The Kier molecular flexibility index (Phi) is 6.27. The van der Waals surface area contributed by atoms with Gasteiger partial charge >= 0.3 is 6.09 Å². The van der Waals surface area contributed by atoms with Crippen LogP contribution in [0.25, 0.3) is 11.1 Å². The first-order chi connectivity index (χ1) is 15.6. The predicted molar refractivity (Wildman–Crippen MR) is 126 cm³/mol. The number of aryl methyl sites for hydroxylation is 1. The van der Waals surface area contributed by atoms with Crippen molar-refractivity contribution >= 4 is 21.8 Å². The number of hydrogen-bond acceptors (Lipinski definition) is 5. The van der Waals surface area contributed by atoms with Crippen LogP contribution in [0.15, 0.2) is 59.8 Å². The number of benzene rings is 2. The second kappa shape index (κ2) is 8.99. The van der Waals surface area contributed by atoms with E-state index >= 15 is 0 Å². The van der Waals surface area contributed by atoms with Crippen molar-refractivity contribution in [3.05, 3.63) is 66.2 Å². The summed E-state index contributed by atoms with van der Waals surface area (Å²) in [6.07, 6.45) is 1.67. The summed E-state index contributed by atoms with van der Waals surface area (Å²) in [6.45, 7) is 5.77. The Morgan fingerprint density at radius 1 is 1.09 bits per heavy atom. The van der Waals surface area contributed by atoms with Gasteiger partial charge in [0.2, 0.25) is 10.0 Å². The molecule has 1 N–H and O–H groups in total. The van der Waals surface area contributed by atoms with Crippen LogP contribution in [0.4, 0.5) is 10.5 Å². The Bertz CT molecular complexity index is 1250. The number of hydrogen-bond donors (Lipinski definition) is 1. The number of ether oxygens (including phenoxy) is 1. The zero-order chi connectivity index (χ0) is 23.8. The minimum atomic E-state index is -3.65. The van der Waals surface area contributed by atoms with E-state index in [2.05, 4.69) is 10.3 Å². The lowest BCUT2D eigenvalue weighted by atomic mass is 10.1. The second-order valence-corrected chi connectivity index (χ2v) is 10.4. The highest BCUT2D eigenvalue weighted by molar-refractivity contribution is 7.89. The van der Waals surface area contributed by atoms with Gasteiger partial charge in [0.25, 0.3) is 0 Å². The molecule has 1 aliphatic heterocycles. The third-order valence-corrected chi connectivity index (χ3v) is 7.67. The molecule has 3 aromatic rings. The number of carbonyl (C=O) groups excluding carboxylic acids is 1. The summed E-state index contributed by atoms with van der Waals surface area (Å²) < 4.78 is 35.2. The maximum absolute atomic E-state index is 13.3. The lowest BCUT2D eigenvalue weighted by Gasteiger charge is -2.32. The molecule has 0 bridgehead atoms. The van der Waals surface area contributed by atoms with Gasteiger partial charge in [0.05, 0.1) is 29.6 Å². The van der Waals surface area contributed by atoms with Crippen LogP contribution in [-0.2, 0) is 34.8 Å². The molecule has 0 aliphatic carbocycles. The van der Waals surface area contributed by atoms with Crippen LogP contribution in [0.2, 0.25) is 0 Å². The van der Waals surface area contributed by atoms with E-state index in [9.17, 15) is 13.2 Å². The number of sulfonamides is 1. The molecule has 4 rings (SSSR count). The minimum Gasteiger partial charge on any atom is -0.447 e. The molecule has 1 aromatic heterocycles. The fourth-order valence-electron chi connectivity index (χ4n) is 3.97. The van der Waals surface area contributed by atoms with Crippen molar-refractivity contribution in [1.82, 2.24) is 13.9 Å². The monoisotopic (exact) mass is 468 g/mol. The molecule has 0 saturated carbocycles. The number of carbonyl (C=O) groups is 1. The van der Waals surface area contributed by atoms with Crippen LogP contribution >= 0.6 is 0 Å². The average Bonchev–Trinajstić information content (AvgIpc) is 3.13. The Morgan fingerprint density at radius 3 is 2.30 bits per heavy atom. The molecule has 0 unspecified atom stereocenters. The van der Waals surface area contributed by atoms with E-state index in [0.29, 0.717) is 12.1 Å². The summed E-state index contributed by atoms with van der Waals surface area (Å²) >= 11 is 0. The minimum absolute atomic E-state index is 0.153. The van der Waals surface area contributed by atoms with Crippen molar-refractivity contribution in [2.45, 2.75) is 50.8 Å². The van der Waals surface area contributed by atoms with Crippen LogP contribution in [0.3, 0.4) is 0 Å². The molecule has 0 fully saturated rings. The number of nitrogens with one attached hydrogen (secondary N) is 1. The van der Waals surface area contributed by atoms with Gasteiger partial charge in [0.1, 0.15) is 0 Å². The van der Waals surface area contributed by atoms with Gasteiger partial charge in [-0.05, 0) is 56.2 Å². The van der Waals surface area contributed by atoms with Crippen molar-refractivity contribution in [1.29, 1.82) is 0 Å². The molecule has 2 aromatic carbocycles. The van der Waals surface area contributed by atoms with Crippen molar-refractivity contribution < 1.29 is 17.9 Å². The molecule has 0 radical (unpaired) electrons. The highest BCUT2D eigenvalue weighted by Gasteiger charge is 2.35. The topological polar surface area (TPSA) is 93.5 Å². The first kappa shape index (κ1) is 23.0. The third kappa shape index (κ3) is 4.79. The Morgan fingerprint density at radius 2 is 1.70 bits per heavy atom. The zero-order valence-electron chi connectivity index (χ0n) is 19.1. The first-order valence-electron chi connectivity index (χ1n) is 10.8. The fourth-order valence-corrected chi connectivity index (χ4v) is 5.56. The van der Waals surface area contributed by atoms with E-state index in [1.54, 1.807) is 56.6 Å². The SMILES string of the molecule is CC(C)OC(=O)Nc1ccc(-c2ccc(S(=O)(=O)N3Cc4ncn(C)c4C[C@@H]3C)cc2)cc1. The third-order valence-electron chi connectivity index (χ3n) is 5.70. The van der Waals surface area contributed by atoms with Gasteiger partial charge in [-0.2, -0.15) is 4.31 Å². The second-order valence-electron chi connectivity index (χ2n) is 8.53. The van der Waals surface area contributed by atoms with Crippen molar-refractivity contribution in [2.24, 2.45) is 7.05 Å². The van der Waals surface area contributed by atoms with Crippen LogP contribution in [0, 0.1) is 0 Å². The van der Waals surface area contributed by atoms with Gasteiger partial charge < -0.3 is 9.30 Å². The maximum atomic E-state index is 13.3. The lowest BCUT2D eigenvalue weighted by molar-refractivity contribution is 0.130. The smallest absolute Gasteiger partial charge is 0.411 e. The van der Waals surface area contributed by atoms with Crippen molar-refractivity contribution in [2.75, 3.05) is 5.32 Å². The molecule has 1 atom stereocenters. The number of imidazole rings is 1. The van der Waals surface area contributed by atoms with Gasteiger partial charge in [-0.3, -0.25) is 5.32 Å². The van der Waals surface area contributed by atoms with Gasteiger partial charge in [-0.1, -0.05) is 24.3 Å². The quantitative estimate of drug-likeness (QED) is 0.606. The molecule has 2 heterocycles. The molecule has 1 amide bonds. The molecule has 33 heavy (non-hydrogen) atoms. The van der Waals surface area contributed by atoms with Gasteiger partial charge in [0.15, 0.2) is 0 Å². The molecule has 0 saturated heterocycles. The summed E-state index contributed by atoms with van der Waals surface area (Å²) in [6, 6.07) is 14.0.